The Morgan fingerprint density at radius 1 is 1.09 bits per heavy atom. The number of para-hydroxylation sites is 1. The Hall–Kier alpha value is -3.52. The van der Waals surface area contributed by atoms with E-state index in [1.54, 1.807) is 19.5 Å². The molecule has 2 aromatic heterocycles. The molecule has 8 heteroatoms. The summed E-state index contributed by atoms with van der Waals surface area (Å²) in [5.74, 6) is 2.14. The first-order valence-electron chi connectivity index (χ1n) is 11.2. The number of halogens is 1. The molecule has 7 nitrogen and oxygen atoms in total. The van der Waals surface area contributed by atoms with E-state index in [-0.39, 0.29) is 11.9 Å². The van der Waals surface area contributed by atoms with E-state index in [1.807, 2.05) is 24.3 Å². The number of aromatic nitrogens is 4. The van der Waals surface area contributed by atoms with Crippen LogP contribution in [-0.4, -0.2) is 52.9 Å². The Bertz CT molecular complexity index is 1310. The van der Waals surface area contributed by atoms with E-state index in [0.717, 1.165) is 48.6 Å². The summed E-state index contributed by atoms with van der Waals surface area (Å²) in [5.41, 5.74) is 3.81. The number of hydrogen-bond acceptors (Lipinski definition) is 6. The van der Waals surface area contributed by atoms with Crippen molar-refractivity contribution in [2.75, 3.05) is 38.3 Å². The number of rotatable bonds is 4. The summed E-state index contributed by atoms with van der Waals surface area (Å²) < 4.78 is 28.3. The number of anilines is 1. The smallest absolute Gasteiger partial charge is 0.225 e. The van der Waals surface area contributed by atoms with Gasteiger partial charge in [-0.1, -0.05) is 18.2 Å². The molecule has 4 aromatic rings. The molecule has 0 radical (unpaired) electrons. The van der Waals surface area contributed by atoms with E-state index in [0.29, 0.717) is 35.8 Å². The van der Waals surface area contributed by atoms with Crippen molar-refractivity contribution in [3.8, 4) is 16.9 Å². The lowest BCUT2D eigenvalue weighted by atomic mass is 10.0. The van der Waals surface area contributed by atoms with Crippen molar-refractivity contribution in [3.05, 3.63) is 66.0 Å². The standard InChI is InChI=1S/C25H24FN5O2/c1-32-23-5-3-2-4-17(23)21-6-7-24-29-20-13-19(26)18(12-22(20)31(21)24)16-14-27-25(28-15-16)30-8-10-33-11-9-30/h2-5,12-15,21H,6-11H2,1H3/t21-/m1/s1. The van der Waals surface area contributed by atoms with Gasteiger partial charge in [0.2, 0.25) is 5.95 Å². The fourth-order valence-electron chi connectivity index (χ4n) is 4.93. The van der Waals surface area contributed by atoms with Crippen molar-refractivity contribution in [2.45, 2.75) is 18.9 Å². The lowest BCUT2D eigenvalue weighted by Gasteiger charge is -2.26. The van der Waals surface area contributed by atoms with Crippen molar-refractivity contribution in [1.82, 2.24) is 19.5 Å². The maximum atomic E-state index is 15.1. The normalized spacial score (nSPS) is 18.0. The second kappa shape index (κ2) is 8.12. The third kappa shape index (κ3) is 3.41. The first-order chi connectivity index (χ1) is 16.2. The number of fused-ring (bicyclic) bond motifs is 3. The highest BCUT2D eigenvalue weighted by Gasteiger charge is 2.29. The zero-order chi connectivity index (χ0) is 22.4. The van der Waals surface area contributed by atoms with Gasteiger partial charge in [0.05, 0.1) is 37.4 Å². The van der Waals surface area contributed by atoms with Gasteiger partial charge in [0.15, 0.2) is 0 Å². The maximum absolute atomic E-state index is 15.1. The average molecular weight is 445 g/mol. The predicted octanol–water partition coefficient (Wildman–Crippen LogP) is 4.01. The van der Waals surface area contributed by atoms with Gasteiger partial charge in [-0.2, -0.15) is 0 Å². The molecule has 6 rings (SSSR count). The highest BCUT2D eigenvalue weighted by molar-refractivity contribution is 5.83. The molecule has 0 bridgehead atoms. The summed E-state index contributed by atoms with van der Waals surface area (Å²) in [6.07, 6.45) is 5.16. The molecule has 33 heavy (non-hydrogen) atoms. The quantitative estimate of drug-likeness (QED) is 0.473. The SMILES string of the molecule is COc1ccccc1[C@H]1CCc2nc3cc(F)c(-c4cnc(N5CCOCC5)nc4)cc3n21. The summed E-state index contributed by atoms with van der Waals surface area (Å²) in [6.45, 7) is 2.84. The average Bonchev–Trinajstić information content (AvgIpc) is 3.43. The summed E-state index contributed by atoms with van der Waals surface area (Å²) in [4.78, 5) is 15.8. The molecule has 1 fully saturated rings. The Morgan fingerprint density at radius 3 is 2.67 bits per heavy atom. The molecule has 0 aliphatic carbocycles. The lowest BCUT2D eigenvalue weighted by molar-refractivity contribution is 0.122. The molecule has 2 aliphatic rings. The van der Waals surface area contributed by atoms with Crippen LogP contribution in [0.15, 0.2) is 48.8 Å². The second-order valence-corrected chi connectivity index (χ2v) is 8.39. The number of methoxy groups -OCH3 is 1. The van der Waals surface area contributed by atoms with Crippen LogP contribution in [0, 0.1) is 5.82 Å². The van der Waals surface area contributed by atoms with Crippen LogP contribution in [0.4, 0.5) is 10.3 Å². The van der Waals surface area contributed by atoms with Gasteiger partial charge in [0.25, 0.3) is 0 Å². The summed E-state index contributed by atoms with van der Waals surface area (Å²) in [6, 6.07) is 11.6. The number of imidazole rings is 1. The van der Waals surface area contributed by atoms with E-state index in [9.17, 15) is 0 Å². The fraction of sp³-hybridized carbons (Fsp3) is 0.320. The third-order valence-electron chi connectivity index (χ3n) is 6.55. The van der Waals surface area contributed by atoms with Crippen LogP contribution in [-0.2, 0) is 11.2 Å². The first kappa shape index (κ1) is 20.1. The molecule has 0 amide bonds. The van der Waals surface area contributed by atoms with Crippen LogP contribution in [0.2, 0.25) is 0 Å². The molecule has 0 N–H and O–H groups in total. The molecular formula is C25H24FN5O2. The summed E-state index contributed by atoms with van der Waals surface area (Å²) >= 11 is 0. The van der Waals surface area contributed by atoms with Crippen molar-refractivity contribution in [1.29, 1.82) is 0 Å². The molecular weight excluding hydrogens is 421 g/mol. The van der Waals surface area contributed by atoms with Crippen LogP contribution < -0.4 is 9.64 Å². The molecule has 2 aliphatic heterocycles. The van der Waals surface area contributed by atoms with Crippen molar-refractivity contribution >= 4 is 17.0 Å². The number of hydrogen-bond donors (Lipinski definition) is 0. The lowest BCUT2D eigenvalue weighted by Crippen LogP contribution is -2.37. The van der Waals surface area contributed by atoms with Gasteiger partial charge in [-0.15, -0.1) is 0 Å². The maximum Gasteiger partial charge on any atom is 0.225 e. The Labute approximate surface area is 190 Å². The minimum atomic E-state index is -0.323. The third-order valence-corrected chi connectivity index (χ3v) is 6.55. The molecule has 2 aromatic carbocycles. The highest BCUT2D eigenvalue weighted by atomic mass is 19.1. The number of nitrogens with zero attached hydrogens (tertiary/aromatic N) is 5. The topological polar surface area (TPSA) is 65.3 Å². The monoisotopic (exact) mass is 445 g/mol. The van der Waals surface area contributed by atoms with E-state index in [2.05, 4.69) is 25.5 Å². The molecule has 1 atom stereocenters. The number of ether oxygens (including phenoxy) is 2. The molecule has 0 unspecified atom stereocenters. The summed E-state index contributed by atoms with van der Waals surface area (Å²) in [5, 5.41) is 0. The largest absolute Gasteiger partial charge is 0.496 e. The molecule has 4 heterocycles. The molecule has 1 saturated heterocycles. The van der Waals surface area contributed by atoms with Crippen LogP contribution in [0.5, 0.6) is 5.75 Å². The molecule has 0 saturated carbocycles. The number of aryl methyl sites for hydroxylation is 1. The van der Waals surface area contributed by atoms with Crippen molar-refractivity contribution in [3.63, 3.8) is 0 Å². The van der Waals surface area contributed by atoms with E-state index in [4.69, 9.17) is 14.5 Å². The van der Waals surface area contributed by atoms with Crippen molar-refractivity contribution in [2.24, 2.45) is 0 Å². The zero-order valence-electron chi connectivity index (χ0n) is 18.4. The minimum absolute atomic E-state index is 0.0967. The predicted molar refractivity (Wildman–Crippen MR) is 123 cm³/mol. The van der Waals surface area contributed by atoms with Gasteiger partial charge in [-0.25, -0.2) is 19.3 Å². The van der Waals surface area contributed by atoms with Gasteiger partial charge in [0.1, 0.15) is 17.4 Å². The van der Waals surface area contributed by atoms with E-state index in [1.165, 1.54) is 6.07 Å². The van der Waals surface area contributed by atoms with E-state index < -0.39 is 0 Å². The summed E-state index contributed by atoms with van der Waals surface area (Å²) in [7, 11) is 1.69. The Morgan fingerprint density at radius 2 is 1.88 bits per heavy atom. The van der Waals surface area contributed by atoms with E-state index >= 15 is 4.39 Å². The number of morpholine rings is 1. The zero-order valence-corrected chi connectivity index (χ0v) is 18.4. The van der Waals surface area contributed by atoms with Crippen LogP contribution >= 0.6 is 0 Å². The molecule has 168 valence electrons. The fourth-order valence-corrected chi connectivity index (χ4v) is 4.93. The molecule has 0 spiro atoms. The van der Waals surface area contributed by atoms with Gasteiger partial charge >= 0.3 is 0 Å². The Balaban J connectivity index is 1.41. The van der Waals surface area contributed by atoms with Gasteiger partial charge in [-0.3, -0.25) is 0 Å². The number of benzene rings is 2. The van der Waals surface area contributed by atoms with Gasteiger partial charge in [-0.05, 0) is 18.6 Å². The van der Waals surface area contributed by atoms with Gasteiger partial charge in [0, 0.05) is 54.7 Å². The van der Waals surface area contributed by atoms with Crippen molar-refractivity contribution < 1.29 is 13.9 Å². The first-order valence-corrected chi connectivity index (χ1v) is 11.2. The van der Waals surface area contributed by atoms with Crippen LogP contribution in [0.25, 0.3) is 22.2 Å². The van der Waals surface area contributed by atoms with Gasteiger partial charge < -0.3 is 18.9 Å². The minimum Gasteiger partial charge on any atom is -0.496 e. The Kier molecular flexibility index (Phi) is 4.95. The van der Waals surface area contributed by atoms with Crippen LogP contribution in [0.1, 0.15) is 23.9 Å². The second-order valence-electron chi connectivity index (χ2n) is 8.39. The van der Waals surface area contributed by atoms with Crippen LogP contribution in [0.3, 0.4) is 0 Å². The highest BCUT2D eigenvalue weighted by Crippen LogP contribution is 2.40.